The first-order chi connectivity index (χ1) is 31.0. The Morgan fingerprint density at radius 1 is 0.429 bits per heavy atom. The van der Waals surface area contributed by atoms with E-state index in [0.717, 1.165) is 57.8 Å². The van der Waals surface area contributed by atoms with Crippen molar-refractivity contribution in [1.29, 1.82) is 0 Å². The van der Waals surface area contributed by atoms with Crippen molar-refractivity contribution in [3.63, 3.8) is 0 Å². The fourth-order valence-electron chi connectivity index (χ4n) is 8.93. The Kier molecular flexibility index (Phi) is 52.0. The maximum atomic E-state index is 12.5. The van der Waals surface area contributed by atoms with E-state index in [2.05, 4.69) is 31.3 Å². The topological polar surface area (TPSA) is 95.9 Å². The van der Waals surface area contributed by atoms with Gasteiger partial charge in [-0.05, 0) is 51.4 Å². The molecule has 6 heteroatoms. The van der Waals surface area contributed by atoms with Crippen LogP contribution < -0.4 is 5.32 Å². The van der Waals surface area contributed by atoms with E-state index in [4.69, 9.17) is 4.74 Å². The van der Waals surface area contributed by atoms with Crippen molar-refractivity contribution in [2.24, 2.45) is 0 Å². The highest BCUT2D eigenvalue weighted by molar-refractivity contribution is 5.76. The molecule has 0 spiro atoms. The number of hydrogen-bond acceptors (Lipinski definition) is 5. The van der Waals surface area contributed by atoms with E-state index in [0.29, 0.717) is 25.9 Å². The molecule has 63 heavy (non-hydrogen) atoms. The minimum atomic E-state index is -0.671. The lowest BCUT2D eigenvalue weighted by Crippen LogP contribution is -2.45. The average molecular weight is 891 g/mol. The molecule has 0 aromatic carbocycles. The molecule has 2 atom stereocenters. The average Bonchev–Trinajstić information content (AvgIpc) is 3.28. The van der Waals surface area contributed by atoms with Crippen LogP contribution in [0.15, 0.2) is 12.2 Å². The molecule has 3 N–H and O–H groups in total. The predicted octanol–water partition coefficient (Wildman–Crippen LogP) is 17.3. The van der Waals surface area contributed by atoms with Gasteiger partial charge < -0.3 is 20.3 Å². The molecule has 0 aliphatic heterocycles. The summed E-state index contributed by atoms with van der Waals surface area (Å²) in [5, 5.41) is 23.2. The van der Waals surface area contributed by atoms with E-state index in [9.17, 15) is 19.8 Å². The van der Waals surface area contributed by atoms with Gasteiger partial charge >= 0.3 is 5.97 Å². The van der Waals surface area contributed by atoms with E-state index >= 15 is 0 Å². The number of nitrogens with one attached hydrogen (secondary N) is 1. The number of aliphatic hydroxyl groups is 2. The lowest BCUT2D eigenvalue weighted by atomic mass is 10.0. The molecule has 0 aromatic rings. The molecular weight excluding hydrogens is 779 g/mol. The minimum absolute atomic E-state index is 0.00564. The zero-order chi connectivity index (χ0) is 45.8. The number of aliphatic hydroxyl groups excluding tert-OH is 2. The molecule has 0 aromatic heterocycles. The second-order valence-electron chi connectivity index (χ2n) is 19.6. The number of ether oxygens (including phenoxy) is 1. The number of amides is 1. The second kappa shape index (κ2) is 53.2. The Balaban J connectivity index is 3.43. The zero-order valence-electron chi connectivity index (χ0n) is 42.6. The first kappa shape index (κ1) is 61.6. The van der Waals surface area contributed by atoms with Crippen LogP contribution in [0.4, 0.5) is 0 Å². The van der Waals surface area contributed by atoms with E-state index < -0.39 is 12.1 Å². The summed E-state index contributed by atoms with van der Waals surface area (Å²) in [6.07, 6.45) is 62.0. The van der Waals surface area contributed by atoms with Crippen LogP contribution in [-0.2, 0) is 14.3 Å². The van der Waals surface area contributed by atoms with Crippen molar-refractivity contribution in [2.45, 2.75) is 328 Å². The molecule has 0 fully saturated rings. The SMILES string of the molecule is CCCCCCCCCCCCCCCCC(=O)OCCCCCCCCCCC/C=C\CCCCCCCC(=O)NC(CO)C(O)CCCCCCCCCCCCCCCC. The lowest BCUT2D eigenvalue weighted by molar-refractivity contribution is -0.143. The Hall–Kier alpha value is -1.40. The maximum absolute atomic E-state index is 12.5. The van der Waals surface area contributed by atoms with Crippen LogP contribution in [0.1, 0.15) is 316 Å². The second-order valence-corrected chi connectivity index (χ2v) is 19.6. The highest BCUT2D eigenvalue weighted by Gasteiger charge is 2.20. The maximum Gasteiger partial charge on any atom is 0.305 e. The van der Waals surface area contributed by atoms with Crippen LogP contribution >= 0.6 is 0 Å². The van der Waals surface area contributed by atoms with Gasteiger partial charge in [-0.15, -0.1) is 0 Å². The summed E-state index contributed by atoms with van der Waals surface area (Å²) < 4.78 is 5.47. The van der Waals surface area contributed by atoms with E-state index in [-0.39, 0.29) is 18.5 Å². The van der Waals surface area contributed by atoms with Gasteiger partial charge in [-0.1, -0.05) is 264 Å². The van der Waals surface area contributed by atoms with E-state index in [1.807, 2.05) is 0 Å². The van der Waals surface area contributed by atoms with Crippen LogP contribution in [0.2, 0.25) is 0 Å². The molecular formula is C57H111NO5. The monoisotopic (exact) mass is 890 g/mol. The molecule has 0 radical (unpaired) electrons. The Bertz CT molecular complexity index is 939. The summed E-state index contributed by atoms with van der Waals surface area (Å²) in [6.45, 7) is 4.95. The van der Waals surface area contributed by atoms with Gasteiger partial charge in [0, 0.05) is 12.8 Å². The van der Waals surface area contributed by atoms with Crippen molar-refractivity contribution in [3.8, 4) is 0 Å². The minimum Gasteiger partial charge on any atom is -0.466 e. The van der Waals surface area contributed by atoms with Gasteiger partial charge in [0.05, 0.1) is 25.4 Å². The van der Waals surface area contributed by atoms with Gasteiger partial charge in [0.25, 0.3) is 0 Å². The van der Waals surface area contributed by atoms with Crippen LogP contribution in [0, 0.1) is 0 Å². The van der Waals surface area contributed by atoms with Gasteiger partial charge in [-0.25, -0.2) is 0 Å². The molecule has 6 nitrogen and oxygen atoms in total. The normalized spacial score (nSPS) is 12.6. The number of allylic oxidation sites excluding steroid dienone is 2. The van der Waals surface area contributed by atoms with Crippen LogP contribution in [0.5, 0.6) is 0 Å². The van der Waals surface area contributed by atoms with E-state index in [1.54, 1.807) is 0 Å². The van der Waals surface area contributed by atoms with Crippen molar-refractivity contribution in [2.75, 3.05) is 13.2 Å². The van der Waals surface area contributed by atoms with Gasteiger partial charge in [-0.2, -0.15) is 0 Å². The molecule has 0 aliphatic rings. The van der Waals surface area contributed by atoms with Crippen LogP contribution in [0.3, 0.4) is 0 Å². The number of carbonyl (C=O) groups excluding carboxylic acids is 2. The zero-order valence-corrected chi connectivity index (χ0v) is 42.6. The van der Waals surface area contributed by atoms with Gasteiger partial charge in [0.1, 0.15) is 0 Å². The first-order valence-electron chi connectivity index (χ1n) is 28.4. The molecule has 0 aliphatic carbocycles. The molecule has 374 valence electrons. The summed E-state index contributed by atoms with van der Waals surface area (Å²) >= 11 is 0. The van der Waals surface area contributed by atoms with Crippen molar-refractivity contribution < 1.29 is 24.5 Å². The third-order valence-electron chi connectivity index (χ3n) is 13.3. The Labute approximate surface area is 393 Å². The molecule has 2 unspecified atom stereocenters. The van der Waals surface area contributed by atoms with Gasteiger partial charge in [0.2, 0.25) is 5.91 Å². The molecule has 0 saturated heterocycles. The molecule has 1 amide bonds. The number of carbonyl (C=O) groups is 2. The van der Waals surface area contributed by atoms with Gasteiger partial charge in [0.15, 0.2) is 0 Å². The van der Waals surface area contributed by atoms with Crippen LogP contribution in [-0.4, -0.2) is 47.4 Å². The van der Waals surface area contributed by atoms with Crippen LogP contribution in [0.25, 0.3) is 0 Å². The summed E-state index contributed by atoms with van der Waals surface area (Å²) in [4.78, 5) is 24.5. The smallest absolute Gasteiger partial charge is 0.305 e. The largest absolute Gasteiger partial charge is 0.466 e. The molecule has 0 bridgehead atoms. The number of esters is 1. The summed E-state index contributed by atoms with van der Waals surface area (Å²) in [5.41, 5.74) is 0. The number of hydrogen-bond donors (Lipinski definition) is 3. The highest BCUT2D eigenvalue weighted by Crippen LogP contribution is 2.17. The lowest BCUT2D eigenvalue weighted by Gasteiger charge is -2.22. The molecule has 0 rings (SSSR count). The summed E-state index contributed by atoms with van der Waals surface area (Å²) in [5.74, 6) is -0.0422. The molecule has 0 saturated carbocycles. The quantitative estimate of drug-likeness (QED) is 0.0321. The fourth-order valence-corrected chi connectivity index (χ4v) is 8.93. The Morgan fingerprint density at radius 2 is 0.746 bits per heavy atom. The third kappa shape index (κ3) is 49.9. The Morgan fingerprint density at radius 3 is 1.13 bits per heavy atom. The van der Waals surface area contributed by atoms with Crippen molar-refractivity contribution >= 4 is 11.9 Å². The van der Waals surface area contributed by atoms with Crippen molar-refractivity contribution in [3.05, 3.63) is 12.2 Å². The summed E-state index contributed by atoms with van der Waals surface area (Å²) in [6, 6.07) is -0.550. The highest BCUT2D eigenvalue weighted by atomic mass is 16.5. The summed E-state index contributed by atoms with van der Waals surface area (Å²) in [7, 11) is 0. The number of rotatable bonds is 53. The standard InChI is InChI=1S/C57H111NO5/c1-3-5-7-9-11-13-15-17-25-29-33-37-41-45-49-55(60)54(53-59)58-56(61)50-46-42-38-34-30-26-23-21-19-20-22-24-28-32-36-40-44-48-52-63-57(62)51-47-43-39-35-31-27-18-16-14-12-10-8-6-4-2/h21,23,54-55,59-60H,3-20,22,24-53H2,1-2H3,(H,58,61)/b23-21-. The number of unbranched alkanes of at least 4 members (excludes halogenated alkanes) is 40. The van der Waals surface area contributed by atoms with Crippen molar-refractivity contribution in [1.82, 2.24) is 5.32 Å². The van der Waals surface area contributed by atoms with E-state index in [1.165, 1.54) is 225 Å². The fraction of sp³-hybridized carbons (Fsp3) is 0.930. The third-order valence-corrected chi connectivity index (χ3v) is 13.3. The molecule has 0 heterocycles. The first-order valence-corrected chi connectivity index (χ1v) is 28.4. The van der Waals surface area contributed by atoms with Gasteiger partial charge in [-0.3, -0.25) is 9.59 Å². The predicted molar refractivity (Wildman–Crippen MR) is 273 cm³/mol.